The number of nitrogens with two attached hydrogens (primary N) is 1. The first-order valence-electron chi connectivity index (χ1n) is 4.48. The summed E-state index contributed by atoms with van der Waals surface area (Å²) in [6.45, 7) is 4.32. The van der Waals surface area contributed by atoms with Gasteiger partial charge >= 0.3 is 0 Å². The van der Waals surface area contributed by atoms with E-state index < -0.39 is 0 Å². The standard InChI is InChI=1S/C9H14N2O2/c10-8-1-4-13-9(8)7-11-2-5-12-6-3-11/h1,4H,2-3,5-7,10H2. The normalized spacial score (nSPS) is 19.1. The molecular weight excluding hydrogens is 168 g/mol. The molecule has 2 N–H and O–H groups in total. The molecule has 0 saturated carbocycles. The van der Waals surface area contributed by atoms with Crippen LogP contribution in [0.3, 0.4) is 0 Å². The van der Waals surface area contributed by atoms with E-state index in [0.717, 1.165) is 44.3 Å². The van der Waals surface area contributed by atoms with Gasteiger partial charge in [-0.1, -0.05) is 0 Å². The second-order valence-corrected chi connectivity index (χ2v) is 3.19. The third-order valence-electron chi connectivity index (χ3n) is 2.25. The SMILES string of the molecule is Nc1ccoc1CN1CCOCC1. The predicted molar refractivity (Wildman–Crippen MR) is 49.2 cm³/mol. The molecule has 0 atom stereocenters. The zero-order valence-corrected chi connectivity index (χ0v) is 7.53. The highest BCUT2D eigenvalue weighted by molar-refractivity contribution is 5.40. The largest absolute Gasteiger partial charge is 0.466 e. The summed E-state index contributed by atoms with van der Waals surface area (Å²) in [6, 6.07) is 1.79. The Kier molecular flexibility index (Phi) is 2.52. The van der Waals surface area contributed by atoms with Gasteiger partial charge in [-0.05, 0) is 6.07 Å². The van der Waals surface area contributed by atoms with Crippen molar-refractivity contribution in [2.24, 2.45) is 0 Å². The molecule has 0 unspecified atom stereocenters. The number of hydrogen-bond donors (Lipinski definition) is 1. The summed E-state index contributed by atoms with van der Waals surface area (Å²) in [4.78, 5) is 2.28. The van der Waals surface area contributed by atoms with Crippen molar-refractivity contribution in [2.75, 3.05) is 32.0 Å². The molecule has 1 aromatic heterocycles. The molecule has 4 heteroatoms. The van der Waals surface area contributed by atoms with Crippen LogP contribution < -0.4 is 5.73 Å². The lowest BCUT2D eigenvalue weighted by Gasteiger charge is -2.25. The first-order valence-corrected chi connectivity index (χ1v) is 4.48. The Bertz CT molecular complexity index is 266. The van der Waals surface area contributed by atoms with Crippen molar-refractivity contribution in [1.29, 1.82) is 0 Å². The molecule has 1 aromatic rings. The van der Waals surface area contributed by atoms with Crippen LogP contribution in [0.4, 0.5) is 5.69 Å². The van der Waals surface area contributed by atoms with Crippen molar-refractivity contribution in [2.45, 2.75) is 6.54 Å². The van der Waals surface area contributed by atoms with Gasteiger partial charge in [0.1, 0.15) is 5.76 Å². The maximum absolute atomic E-state index is 5.71. The van der Waals surface area contributed by atoms with Crippen molar-refractivity contribution in [1.82, 2.24) is 4.90 Å². The molecule has 0 amide bonds. The lowest BCUT2D eigenvalue weighted by Crippen LogP contribution is -2.35. The number of furan rings is 1. The summed E-state index contributed by atoms with van der Waals surface area (Å²) in [5, 5.41) is 0. The Morgan fingerprint density at radius 1 is 1.38 bits per heavy atom. The molecule has 72 valence electrons. The van der Waals surface area contributed by atoms with Crippen LogP contribution >= 0.6 is 0 Å². The van der Waals surface area contributed by atoms with Crippen LogP contribution in [0.15, 0.2) is 16.7 Å². The molecule has 1 saturated heterocycles. The second-order valence-electron chi connectivity index (χ2n) is 3.19. The predicted octanol–water partition coefficient (Wildman–Crippen LogP) is 0.694. The van der Waals surface area contributed by atoms with Crippen molar-refractivity contribution in [3.05, 3.63) is 18.1 Å². The van der Waals surface area contributed by atoms with Gasteiger partial charge in [0.05, 0.1) is 31.7 Å². The monoisotopic (exact) mass is 182 g/mol. The summed E-state index contributed by atoms with van der Waals surface area (Å²) in [6.07, 6.45) is 1.63. The molecule has 4 nitrogen and oxygen atoms in total. The van der Waals surface area contributed by atoms with Gasteiger partial charge < -0.3 is 14.9 Å². The van der Waals surface area contributed by atoms with Crippen molar-refractivity contribution < 1.29 is 9.15 Å². The van der Waals surface area contributed by atoms with Crippen LogP contribution in [-0.2, 0) is 11.3 Å². The number of nitrogen functional groups attached to an aromatic ring is 1. The number of anilines is 1. The van der Waals surface area contributed by atoms with Gasteiger partial charge in [0.2, 0.25) is 0 Å². The highest BCUT2D eigenvalue weighted by Gasteiger charge is 2.13. The molecule has 2 rings (SSSR count). The van der Waals surface area contributed by atoms with Gasteiger partial charge in [0, 0.05) is 13.1 Å². The minimum absolute atomic E-state index is 0.742. The van der Waals surface area contributed by atoms with Gasteiger partial charge in [-0.2, -0.15) is 0 Å². The van der Waals surface area contributed by atoms with Crippen LogP contribution in [0.5, 0.6) is 0 Å². The van der Waals surface area contributed by atoms with Crippen LogP contribution in [0.25, 0.3) is 0 Å². The molecule has 0 aliphatic carbocycles. The van der Waals surface area contributed by atoms with E-state index in [1.807, 2.05) is 0 Å². The van der Waals surface area contributed by atoms with E-state index in [-0.39, 0.29) is 0 Å². The minimum atomic E-state index is 0.742. The summed E-state index contributed by atoms with van der Waals surface area (Å²) < 4.78 is 10.5. The van der Waals surface area contributed by atoms with Crippen LogP contribution in [0, 0.1) is 0 Å². The van der Waals surface area contributed by atoms with Crippen molar-refractivity contribution in [3.8, 4) is 0 Å². The molecule has 1 fully saturated rings. The third-order valence-corrected chi connectivity index (χ3v) is 2.25. The molecule has 1 aliphatic heterocycles. The minimum Gasteiger partial charge on any atom is -0.466 e. The number of morpholine rings is 1. The molecule has 13 heavy (non-hydrogen) atoms. The molecular formula is C9H14N2O2. The number of rotatable bonds is 2. The lowest BCUT2D eigenvalue weighted by molar-refractivity contribution is 0.0314. The summed E-state index contributed by atoms with van der Waals surface area (Å²) >= 11 is 0. The topological polar surface area (TPSA) is 51.6 Å². The summed E-state index contributed by atoms with van der Waals surface area (Å²) in [5.41, 5.74) is 6.45. The summed E-state index contributed by atoms with van der Waals surface area (Å²) in [7, 11) is 0. The van der Waals surface area contributed by atoms with Gasteiger partial charge in [0.25, 0.3) is 0 Å². The van der Waals surface area contributed by atoms with E-state index in [9.17, 15) is 0 Å². The average molecular weight is 182 g/mol. The highest BCUT2D eigenvalue weighted by atomic mass is 16.5. The zero-order valence-electron chi connectivity index (χ0n) is 7.53. The van der Waals surface area contributed by atoms with Crippen LogP contribution in [-0.4, -0.2) is 31.2 Å². The smallest absolute Gasteiger partial charge is 0.140 e. The molecule has 0 radical (unpaired) electrons. The fraction of sp³-hybridized carbons (Fsp3) is 0.556. The van der Waals surface area contributed by atoms with E-state index in [2.05, 4.69) is 4.90 Å². The van der Waals surface area contributed by atoms with Crippen LogP contribution in [0.2, 0.25) is 0 Å². The summed E-state index contributed by atoms with van der Waals surface area (Å²) in [5.74, 6) is 0.863. The fourth-order valence-corrected chi connectivity index (χ4v) is 1.44. The Morgan fingerprint density at radius 2 is 2.15 bits per heavy atom. The average Bonchev–Trinajstić information content (AvgIpc) is 2.54. The maximum Gasteiger partial charge on any atom is 0.140 e. The molecule has 0 aromatic carbocycles. The Morgan fingerprint density at radius 3 is 2.77 bits per heavy atom. The lowest BCUT2D eigenvalue weighted by atomic mass is 10.3. The highest BCUT2D eigenvalue weighted by Crippen LogP contribution is 2.15. The van der Waals surface area contributed by atoms with Crippen molar-refractivity contribution >= 4 is 5.69 Å². The van der Waals surface area contributed by atoms with E-state index in [1.165, 1.54) is 0 Å². The Balaban J connectivity index is 1.93. The fourth-order valence-electron chi connectivity index (χ4n) is 1.44. The first-order chi connectivity index (χ1) is 6.36. The molecule has 0 spiro atoms. The van der Waals surface area contributed by atoms with Gasteiger partial charge in [0.15, 0.2) is 0 Å². The molecule has 2 heterocycles. The van der Waals surface area contributed by atoms with E-state index in [0.29, 0.717) is 0 Å². The Hall–Kier alpha value is -1.00. The van der Waals surface area contributed by atoms with E-state index in [4.69, 9.17) is 14.9 Å². The van der Waals surface area contributed by atoms with Gasteiger partial charge in [-0.15, -0.1) is 0 Å². The van der Waals surface area contributed by atoms with E-state index in [1.54, 1.807) is 12.3 Å². The number of hydrogen-bond acceptors (Lipinski definition) is 4. The maximum atomic E-state index is 5.71. The Labute approximate surface area is 77.3 Å². The first kappa shape index (κ1) is 8.59. The second kappa shape index (κ2) is 3.81. The van der Waals surface area contributed by atoms with Crippen LogP contribution in [0.1, 0.15) is 5.76 Å². The number of ether oxygens (including phenoxy) is 1. The quantitative estimate of drug-likeness (QED) is 0.731. The third kappa shape index (κ3) is 2.02. The molecule has 1 aliphatic rings. The number of nitrogens with zero attached hydrogens (tertiary/aromatic N) is 1. The van der Waals surface area contributed by atoms with Gasteiger partial charge in [-0.25, -0.2) is 0 Å². The zero-order chi connectivity index (χ0) is 9.10. The molecule has 0 bridgehead atoms. The van der Waals surface area contributed by atoms with Gasteiger partial charge in [-0.3, -0.25) is 4.90 Å². The van der Waals surface area contributed by atoms with E-state index >= 15 is 0 Å². The van der Waals surface area contributed by atoms with Crippen molar-refractivity contribution in [3.63, 3.8) is 0 Å².